The molecule has 3 rings (SSSR count). The maximum Gasteiger partial charge on any atom is 0.342 e. The highest BCUT2D eigenvalue weighted by Gasteiger charge is 2.42. The van der Waals surface area contributed by atoms with Gasteiger partial charge in [-0.3, -0.25) is 9.59 Å². The molecule has 0 bridgehead atoms. The van der Waals surface area contributed by atoms with Crippen LogP contribution in [0.2, 0.25) is 0 Å². The highest BCUT2D eigenvalue weighted by atomic mass is 16.6. The summed E-state index contributed by atoms with van der Waals surface area (Å²) in [5, 5.41) is 23.0. The van der Waals surface area contributed by atoms with Crippen molar-refractivity contribution < 1.29 is 34.1 Å². The molecule has 2 aliphatic heterocycles. The molecule has 0 aliphatic carbocycles. The second-order valence-corrected chi connectivity index (χ2v) is 7.97. The number of benzene rings is 1. The van der Waals surface area contributed by atoms with Gasteiger partial charge >= 0.3 is 11.9 Å². The first-order valence-electron chi connectivity index (χ1n) is 9.62. The van der Waals surface area contributed by atoms with Crippen molar-refractivity contribution >= 4 is 17.8 Å². The molecule has 9 nitrogen and oxygen atoms in total. The van der Waals surface area contributed by atoms with Crippen molar-refractivity contribution in [1.29, 1.82) is 0 Å². The quantitative estimate of drug-likeness (QED) is 0.483. The van der Waals surface area contributed by atoms with E-state index in [4.69, 9.17) is 15.2 Å². The van der Waals surface area contributed by atoms with Gasteiger partial charge in [0.05, 0.1) is 18.5 Å². The van der Waals surface area contributed by atoms with Crippen LogP contribution in [-0.2, 0) is 25.5 Å². The van der Waals surface area contributed by atoms with Gasteiger partial charge < -0.3 is 30.7 Å². The van der Waals surface area contributed by atoms with Crippen molar-refractivity contribution in [2.45, 2.75) is 63.5 Å². The van der Waals surface area contributed by atoms with Crippen molar-refractivity contribution in [2.75, 3.05) is 0 Å². The molecule has 0 saturated carbocycles. The maximum atomic E-state index is 12.6. The molecule has 5 N–H and O–H groups in total. The Kier molecular flexibility index (Phi) is 6.09. The summed E-state index contributed by atoms with van der Waals surface area (Å²) in [4.78, 5) is 36.4. The zero-order valence-electron chi connectivity index (χ0n) is 16.3. The molecular weight excluding hydrogens is 380 g/mol. The number of carbonyl (C=O) groups excluding carboxylic acids is 3. The van der Waals surface area contributed by atoms with Gasteiger partial charge in [0, 0.05) is 6.42 Å². The van der Waals surface area contributed by atoms with Crippen LogP contribution in [0.25, 0.3) is 0 Å². The van der Waals surface area contributed by atoms with Crippen molar-refractivity contribution in [3.05, 3.63) is 29.3 Å². The topological polar surface area (TPSA) is 148 Å². The van der Waals surface area contributed by atoms with E-state index < -0.39 is 48.2 Å². The lowest BCUT2D eigenvalue weighted by molar-refractivity contribution is -0.150. The minimum absolute atomic E-state index is 0.0645. The number of ether oxygens (including phenoxy) is 2. The predicted octanol–water partition coefficient (Wildman–Crippen LogP) is 0.00830. The van der Waals surface area contributed by atoms with Crippen LogP contribution in [0.5, 0.6) is 5.75 Å². The SMILES string of the molecule is CC(C)C[C@H](NC(=O)[C@@H](O)[C@H]1OC(=O)C[C@@H]1N)[C@@H]1Cc2cccc(O)c2C(=O)O1. The number of esters is 2. The van der Waals surface area contributed by atoms with Gasteiger partial charge in [-0.1, -0.05) is 26.0 Å². The summed E-state index contributed by atoms with van der Waals surface area (Å²) in [6, 6.07) is 3.43. The summed E-state index contributed by atoms with van der Waals surface area (Å²) >= 11 is 0. The number of nitrogens with two attached hydrogens (primary N) is 1. The molecule has 1 aromatic carbocycles. The molecule has 9 heteroatoms. The van der Waals surface area contributed by atoms with E-state index >= 15 is 0 Å². The molecular formula is C20H26N2O7. The van der Waals surface area contributed by atoms with E-state index in [1.165, 1.54) is 6.07 Å². The number of fused-ring (bicyclic) bond motifs is 1. The van der Waals surface area contributed by atoms with Crippen molar-refractivity contribution in [3.8, 4) is 5.75 Å². The molecule has 29 heavy (non-hydrogen) atoms. The molecule has 2 heterocycles. The number of aliphatic hydroxyl groups is 1. The largest absolute Gasteiger partial charge is 0.507 e. The molecule has 0 spiro atoms. The third-order valence-electron chi connectivity index (χ3n) is 5.19. The van der Waals surface area contributed by atoms with E-state index in [9.17, 15) is 24.6 Å². The van der Waals surface area contributed by atoms with Gasteiger partial charge in [0.15, 0.2) is 12.2 Å². The van der Waals surface area contributed by atoms with E-state index in [2.05, 4.69) is 5.32 Å². The Morgan fingerprint density at radius 3 is 2.62 bits per heavy atom. The first-order valence-corrected chi connectivity index (χ1v) is 9.62. The number of nitrogens with one attached hydrogen (secondary N) is 1. The summed E-state index contributed by atoms with van der Waals surface area (Å²) in [5.41, 5.74) is 6.52. The van der Waals surface area contributed by atoms with Crippen LogP contribution in [0.3, 0.4) is 0 Å². The molecule has 158 valence electrons. The lowest BCUT2D eigenvalue weighted by Gasteiger charge is -2.33. The Morgan fingerprint density at radius 1 is 1.28 bits per heavy atom. The summed E-state index contributed by atoms with van der Waals surface area (Å²) in [5.74, 6) is -1.96. The Hall–Kier alpha value is -2.65. The minimum Gasteiger partial charge on any atom is -0.507 e. The van der Waals surface area contributed by atoms with E-state index in [0.717, 1.165) is 0 Å². The van der Waals surface area contributed by atoms with Crippen molar-refractivity contribution in [1.82, 2.24) is 5.32 Å². The molecule has 1 aromatic rings. The van der Waals surface area contributed by atoms with Crippen LogP contribution in [0.4, 0.5) is 0 Å². The fourth-order valence-corrected chi connectivity index (χ4v) is 3.79. The van der Waals surface area contributed by atoms with Crippen molar-refractivity contribution in [3.63, 3.8) is 0 Å². The van der Waals surface area contributed by atoms with Gasteiger partial charge in [-0.25, -0.2) is 4.79 Å². The molecule has 2 aliphatic rings. The first-order chi connectivity index (χ1) is 13.7. The van der Waals surface area contributed by atoms with Crippen LogP contribution in [0, 0.1) is 5.92 Å². The molecule has 1 saturated heterocycles. The fourth-order valence-electron chi connectivity index (χ4n) is 3.79. The number of aromatic hydroxyl groups is 1. The summed E-state index contributed by atoms with van der Waals surface area (Å²) in [6.45, 7) is 3.91. The maximum absolute atomic E-state index is 12.6. The number of hydrogen-bond acceptors (Lipinski definition) is 8. The van der Waals surface area contributed by atoms with Crippen LogP contribution in [-0.4, -0.2) is 58.5 Å². The summed E-state index contributed by atoms with van der Waals surface area (Å²) < 4.78 is 10.4. The Bertz CT molecular complexity index is 810. The third-order valence-corrected chi connectivity index (χ3v) is 5.19. The van der Waals surface area contributed by atoms with E-state index in [-0.39, 0.29) is 23.7 Å². The van der Waals surface area contributed by atoms with Crippen LogP contribution in [0.15, 0.2) is 18.2 Å². The molecule has 0 aromatic heterocycles. The number of phenolic OH excluding ortho intramolecular Hbond substituents is 1. The van der Waals surface area contributed by atoms with E-state index in [1.807, 2.05) is 13.8 Å². The number of amides is 1. The molecule has 0 unspecified atom stereocenters. The van der Waals surface area contributed by atoms with Gasteiger partial charge in [-0.2, -0.15) is 0 Å². The lowest BCUT2D eigenvalue weighted by atomic mass is 9.90. The first kappa shape index (κ1) is 21.1. The smallest absolute Gasteiger partial charge is 0.342 e. The highest BCUT2D eigenvalue weighted by Crippen LogP contribution is 2.30. The number of cyclic esters (lactones) is 2. The predicted molar refractivity (Wildman–Crippen MR) is 101 cm³/mol. The second-order valence-electron chi connectivity index (χ2n) is 7.97. The standard InChI is InChI=1S/C20H26N2O7/c1-9(2)6-12(22-19(26)17(25)18-11(21)8-15(24)29-18)14-7-10-4-3-5-13(23)16(10)20(27)28-14/h3-5,9,11-12,14,17-18,23,25H,6-8,21H2,1-2H3,(H,22,26)/t11-,12-,14-,17-,18-/m0/s1. The van der Waals surface area contributed by atoms with Gasteiger partial charge in [-0.05, 0) is 24.0 Å². The van der Waals surface area contributed by atoms with Gasteiger partial charge in [-0.15, -0.1) is 0 Å². The number of rotatable bonds is 6. The number of carbonyl (C=O) groups is 3. The monoisotopic (exact) mass is 406 g/mol. The van der Waals surface area contributed by atoms with Crippen LogP contribution in [0.1, 0.15) is 42.6 Å². The van der Waals surface area contributed by atoms with Crippen LogP contribution >= 0.6 is 0 Å². The summed E-state index contributed by atoms with van der Waals surface area (Å²) in [6.07, 6.45) is -2.68. The average molecular weight is 406 g/mol. The number of phenols is 1. The average Bonchev–Trinajstić information content (AvgIpc) is 2.97. The van der Waals surface area contributed by atoms with E-state index in [0.29, 0.717) is 18.4 Å². The molecule has 1 amide bonds. The Morgan fingerprint density at radius 2 is 2.00 bits per heavy atom. The fraction of sp³-hybridized carbons (Fsp3) is 0.550. The van der Waals surface area contributed by atoms with Gasteiger partial charge in [0.1, 0.15) is 17.4 Å². The zero-order chi connectivity index (χ0) is 21.3. The molecule has 0 radical (unpaired) electrons. The highest BCUT2D eigenvalue weighted by molar-refractivity contribution is 5.95. The lowest BCUT2D eigenvalue weighted by Crippen LogP contribution is -2.55. The Labute approximate surface area is 168 Å². The zero-order valence-corrected chi connectivity index (χ0v) is 16.3. The number of hydrogen-bond donors (Lipinski definition) is 4. The molecule has 5 atom stereocenters. The summed E-state index contributed by atoms with van der Waals surface area (Å²) in [7, 11) is 0. The normalized spacial score (nSPS) is 25.8. The van der Waals surface area contributed by atoms with Gasteiger partial charge in [0.25, 0.3) is 5.91 Å². The van der Waals surface area contributed by atoms with Crippen molar-refractivity contribution in [2.24, 2.45) is 11.7 Å². The van der Waals surface area contributed by atoms with Gasteiger partial charge in [0.2, 0.25) is 0 Å². The number of aliphatic hydroxyl groups excluding tert-OH is 1. The molecule has 1 fully saturated rings. The van der Waals surface area contributed by atoms with Crippen LogP contribution < -0.4 is 11.1 Å². The third kappa shape index (κ3) is 4.51. The minimum atomic E-state index is -1.62. The second kappa shape index (κ2) is 8.38. The Balaban J connectivity index is 1.75. The van der Waals surface area contributed by atoms with E-state index in [1.54, 1.807) is 12.1 Å².